The molecule has 1 aromatic heterocycles. The van der Waals surface area contributed by atoms with Crippen LogP contribution in [0.3, 0.4) is 0 Å². The molecular formula is C14H15ClN2O3S. The summed E-state index contributed by atoms with van der Waals surface area (Å²) in [6.45, 7) is -0.0137. The van der Waals surface area contributed by atoms with Gasteiger partial charge in [-0.2, -0.15) is 4.31 Å². The summed E-state index contributed by atoms with van der Waals surface area (Å²) in [7, 11) is -2.15. The van der Waals surface area contributed by atoms with Gasteiger partial charge in [0.05, 0.1) is 11.5 Å². The van der Waals surface area contributed by atoms with Gasteiger partial charge >= 0.3 is 0 Å². The van der Waals surface area contributed by atoms with Crippen LogP contribution in [0.4, 0.5) is 0 Å². The molecule has 5 nitrogen and oxygen atoms in total. The molecule has 112 valence electrons. The van der Waals surface area contributed by atoms with E-state index in [-0.39, 0.29) is 23.1 Å². The van der Waals surface area contributed by atoms with E-state index in [1.807, 2.05) is 0 Å². The number of aromatic nitrogens is 1. The Morgan fingerprint density at radius 2 is 2.10 bits per heavy atom. The summed E-state index contributed by atoms with van der Waals surface area (Å²) in [6, 6.07) is 7.85. The topological polar surface area (TPSA) is 70.5 Å². The minimum Gasteiger partial charge on any atom is -0.392 e. The standard InChI is InChI=1S/C14H15ClN2O3S/c1-17(9-11-3-2-6-16-8-11)21(19,20)13-5-4-12(10-18)14(15)7-13/h2-8,18H,9-10H2,1H3. The monoisotopic (exact) mass is 326 g/mol. The van der Waals surface area contributed by atoms with Crippen molar-refractivity contribution < 1.29 is 13.5 Å². The number of sulfonamides is 1. The summed E-state index contributed by atoms with van der Waals surface area (Å²) in [5.74, 6) is 0. The van der Waals surface area contributed by atoms with E-state index in [0.29, 0.717) is 5.56 Å². The molecule has 0 amide bonds. The average Bonchev–Trinajstić information content (AvgIpc) is 2.48. The van der Waals surface area contributed by atoms with E-state index in [1.165, 1.54) is 29.6 Å². The molecule has 0 aliphatic heterocycles. The highest BCUT2D eigenvalue weighted by Crippen LogP contribution is 2.23. The van der Waals surface area contributed by atoms with Crippen LogP contribution in [-0.4, -0.2) is 29.9 Å². The zero-order chi connectivity index (χ0) is 15.5. The van der Waals surface area contributed by atoms with E-state index in [9.17, 15) is 8.42 Å². The van der Waals surface area contributed by atoms with Crippen molar-refractivity contribution in [1.82, 2.24) is 9.29 Å². The van der Waals surface area contributed by atoms with Crippen molar-refractivity contribution in [2.45, 2.75) is 18.0 Å². The summed E-state index contributed by atoms with van der Waals surface area (Å²) >= 11 is 5.95. The molecule has 0 radical (unpaired) electrons. The van der Waals surface area contributed by atoms with E-state index in [2.05, 4.69) is 4.98 Å². The molecule has 2 aromatic rings. The Balaban J connectivity index is 2.27. The molecule has 0 saturated carbocycles. The Kier molecular flexibility index (Phi) is 4.95. The third-order valence-electron chi connectivity index (χ3n) is 3.03. The second kappa shape index (κ2) is 6.53. The van der Waals surface area contributed by atoms with Crippen LogP contribution in [0.1, 0.15) is 11.1 Å². The van der Waals surface area contributed by atoms with E-state index < -0.39 is 10.0 Å². The molecule has 0 spiro atoms. The molecule has 1 aromatic carbocycles. The Morgan fingerprint density at radius 3 is 2.67 bits per heavy atom. The van der Waals surface area contributed by atoms with Crippen molar-refractivity contribution >= 4 is 21.6 Å². The molecule has 2 rings (SSSR count). The van der Waals surface area contributed by atoms with Gasteiger partial charge in [-0.1, -0.05) is 23.7 Å². The van der Waals surface area contributed by atoms with E-state index in [4.69, 9.17) is 16.7 Å². The molecule has 0 aliphatic rings. The van der Waals surface area contributed by atoms with Crippen LogP contribution in [0, 0.1) is 0 Å². The highest BCUT2D eigenvalue weighted by molar-refractivity contribution is 7.89. The molecule has 0 aliphatic carbocycles. The van der Waals surface area contributed by atoms with Crippen LogP contribution in [0.5, 0.6) is 0 Å². The minimum absolute atomic E-state index is 0.0936. The highest BCUT2D eigenvalue weighted by atomic mass is 35.5. The first-order valence-corrected chi connectivity index (χ1v) is 8.01. The van der Waals surface area contributed by atoms with Gasteiger partial charge in [-0.3, -0.25) is 4.98 Å². The molecule has 7 heteroatoms. The molecule has 21 heavy (non-hydrogen) atoms. The largest absolute Gasteiger partial charge is 0.392 e. The SMILES string of the molecule is CN(Cc1cccnc1)S(=O)(=O)c1ccc(CO)c(Cl)c1. The quantitative estimate of drug-likeness (QED) is 0.913. The van der Waals surface area contributed by atoms with Gasteiger partial charge in [-0.05, 0) is 29.3 Å². The van der Waals surface area contributed by atoms with Crippen molar-refractivity contribution in [2.24, 2.45) is 0 Å². The van der Waals surface area contributed by atoms with Crippen molar-refractivity contribution in [3.63, 3.8) is 0 Å². The average molecular weight is 327 g/mol. The first-order valence-electron chi connectivity index (χ1n) is 6.19. The van der Waals surface area contributed by atoms with Gasteiger partial charge in [0.2, 0.25) is 10.0 Å². The lowest BCUT2D eigenvalue weighted by atomic mass is 10.2. The lowest BCUT2D eigenvalue weighted by molar-refractivity contribution is 0.282. The van der Waals surface area contributed by atoms with Crippen LogP contribution in [0.25, 0.3) is 0 Å². The fraction of sp³-hybridized carbons (Fsp3) is 0.214. The maximum absolute atomic E-state index is 12.5. The van der Waals surface area contributed by atoms with Gasteiger partial charge < -0.3 is 5.11 Å². The Morgan fingerprint density at radius 1 is 1.33 bits per heavy atom. The smallest absolute Gasteiger partial charge is 0.243 e. The summed E-state index contributed by atoms with van der Waals surface area (Å²) in [4.78, 5) is 4.05. The van der Waals surface area contributed by atoms with Crippen molar-refractivity contribution in [1.29, 1.82) is 0 Å². The summed E-state index contributed by atoms with van der Waals surface area (Å²) in [6.07, 6.45) is 3.25. The normalized spacial score (nSPS) is 11.8. The minimum atomic E-state index is -3.65. The third-order valence-corrected chi connectivity index (χ3v) is 5.18. The van der Waals surface area contributed by atoms with E-state index in [1.54, 1.807) is 24.5 Å². The maximum Gasteiger partial charge on any atom is 0.243 e. The number of rotatable bonds is 5. The van der Waals surface area contributed by atoms with Gasteiger partial charge in [0.15, 0.2) is 0 Å². The third kappa shape index (κ3) is 3.59. The Hall–Kier alpha value is -1.47. The molecule has 1 heterocycles. The summed E-state index contributed by atoms with van der Waals surface area (Å²) in [5, 5.41) is 9.29. The van der Waals surface area contributed by atoms with Crippen LogP contribution >= 0.6 is 11.6 Å². The van der Waals surface area contributed by atoms with Gasteiger partial charge in [-0.25, -0.2) is 8.42 Å². The molecular weight excluding hydrogens is 312 g/mol. The van der Waals surface area contributed by atoms with Crippen molar-refractivity contribution in [3.05, 3.63) is 58.9 Å². The molecule has 0 unspecified atom stereocenters. The highest BCUT2D eigenvalue weighted by Gasteiger charge is 2.21. The summed E-state index contributed by atoms with van der Waals surface area (Å²) < 4.78 is 26.2. The van der Waals surface area contributed by atoms with Crippen LogP contribution in [0.2, 0.25) is 5.02 Å². The van der Waals surface area contributed by atoms with Gasteiger partial charge in [0, 0.05) is 31.0 Å². The van der Waals surface area contributed by atoms with Gasteiger partial charge in [-0.15, -0.1) is 0 Å². The second-order valence-electron chi connectivity index (χ2n) is 4.53. The Bertz CT molecular complexity index is 720. The molecule has 0 saturated heterocycles. The maximum atomic E-state index is 12.5. The first kappa shape index (κ1) is 15.9. The number of hydrogen-bond donors (Lipinski definition) is 1. The molecule has 0 atom stereocenters. The number of aliphatic hydroxyl groups excluding tert-OH is 1. The fourth-order valence-corrected chi connectivity index (χ4v) is 3.32. The van der Waals surface area contributed by atoms with E-state index >= 15 is 0 Å². The number of aliphatic hydroxyl groups is 1. The second-order valence-corrected chi connectivity index (χ2v) is 6.99. The van der Waals surface area contributed by atoms with Crippen LogP contribution < -0.4 is 0 Å². The van der Waals surface area contributed by atoms with Gasteiger partial charge in [0.25, 0.3) is 0 Å². The predicted molar refractivity (Wildman–Crippen MR) is 80.3 cm³/mol. The number of nitrogens with zero attached hydrogens (tertiary/aromatic N) is 2. The number of halogens is 1. The molecule has 0 bridgehead atoms. The fourth-order valence-electron chi connectivity index (χ4n) is 1.83. The lowest BCUT2D eigenvalue weighted by Gasteiger charge is -2.17. The van der Waals surface area contributed by atoms with Crippen LogP contribution in [-0.2, 0) is 23.2 Å². The van der Waals surface area contributed by atoms with Crippen LogP contribution in [0.15, 0.2) is 47.6 Å². The zero-order valence-electron chi connectivity index (χ0n) is 11.4. The molecule has 1 N–H and O–H groups in total. The summed E-state index contributed by atoms with van der Waals surface area (Å²) in [5.41, 5.74) is 1.28. The predicted octanol–water partition coefficient (Wildman–Crippen LogP) is 2.05. The van der Waals surface area contributed by atoms with E-state index in [0.717, 1.165) is 5.56 Å². The number of hydrogen-bond acceptors (Lipinski definition) is 4. The van der Waals surface area contributed by atoms with Crippen molar-refractivity contribution in [3.8, 4) is 0 Å². The first-order chi connectivity index (χ1) is 9.95. The number of pyridine rings is 1. The lowest BCUT2D eigenvalue weighted by Crippen LogP contribution is -2.26. The molecule has 0 fully saturated rings. The Labute approximate surface area is 128 Å². The zero-order valence-corrected chi connectivity index (χ0v) is 13.0. The van der Waals surface area contributed by atoms with Gasteiger partial charge in [0.1, 0.15) is 0 Å². The van der Waals surface area contributed by atoms with Crippen molar-refractivity contribution in [2.75, 3.05) is 7.05 Å². The number of benzene rings is 1.